The lowest BCUT2D eigenvalue weighted by atomic mass is 9.96. The van der Waals surface area contributed by atoms with Gasteiger partial charge in [-0.15, -0.1) is 0 Å². The third-order valence-electron chi connectivity index (χ3n) is 8.09. The molecule has 0 spiro atoms. The zero-order valence-corrected chi connectivity index (χ0v) is 22.5. The van der Waals surface area contributed by atoms with Crippen LogP contribution < -0.4 is 11.2 Å². The SMILES string of the molecule is O=C(OCC1c2ccccc2-c2ccccc21)O[C@@H]1[C@@H]2O[C@H](c3ccccc3)OC[C@H]2OC[C@H]1n1ccc(=O)[nH]c1=O. The van der Waals surface area contributed by atoms with Crippen molar-refractivity contribution in [1.29, 1.82) is 0 Å². The van der Waals surface area contributed by atoms with Gasteiger partial charge in [0.1, 0.15) is 24.9 Å². The molecule has 3 heterocycles. The third-order valence-corrected chi connectivity index (χ3v) is 8.09. The van der Waals surface area contributed by atoms with Gasteiger partial charge in [-0.3, -0.25) is 14.3 Å². The second-order valence-corrected chi connectivity index (χ2v) is 10.5. The maximum Gasteiger partial charge on any atom is 0.508 e. The smallest absolute Gasteiger partial charge is 0.433 e. The zero-order valence-electron chi connectivity index (χ0n) is 22.5. The zero-order chi connectivity index (χ0) is 28.6. The molecule has 1 aliphatic carbocycles. The van der Waals surface area contributed by atoms with Gasteiger partial charge in [0.2, 0.25) is 0 Å². The second-order valence-electron chi connectivity index (χ2n) is 10.5. The van der Waals surface area contributed by atoms with E-state index in [4.69, 9.17) is 23.7 Å². The summed E-state index contributed by atoms with van der Waals surface area (Å²) in [6, 6.07) is 26.0. The Morgan fingerprint density at radius 3 is 2.26 bits per heavy atom. The van der Waals surface area contributed by atoms with Gasteiger partial charge < -0.3 is 23.7 Å². The van der Waals surface area contributed by atoms with E-state index in [1.54, 1.807) is 0 Å². The van der Waals surface area contributed by atoms with E-state index in [9.17, 15) is 14.4 Å². The lowest BCUT2D eigenvalue weighted by molar-refractivity contribution is -0.307. The number of carbonyl (C=O) groups excluding carboxylic acids is 1. The van der Waals surface area contributed by atoms with E-state index in [1.165, 1.54) is 16.8 Å². The van der Waals surface area contributed by atoms with Gasteiger partial charge in [0.05, 0.1) is 13.2 Å². The lowest BCUT2D eigenvalue weighted by Gasteiger charge is -2.45. The molecule has 42 heavy (non-hydrogen) atoms. The summed E-state index contributed by atoms with van der Waals surface area (Å²) in [5, 5.41) is 0. The predicted molar refractivity (Wildman–Crippen MR) is 150 cm³/mol. The van der Waals surface area contributed by atoms with Gasteiger partial charge in [-0.2, -0.15) is 0 Å². The molecule has 4 aromatic rings. The van der Waals surface area contributed by atoms with Crippen LogP contribution >= 0.6 is 0 Å². The summed E-state index contributed by atoms with van der Waals surface area (Å²) in [6.07, 6.45) is -2.56. The van der Waals surface area contributed by atoms with Crippen LogP contribution in [0.2, 0.25) is 0 Å². The number of nitrogens with one attached hydrogen (secondary N) is 1. The minimum Gasteiger partial charge on any atom is -0.433 e. The fourth-order valence-electron chi connectivity index (χ4n) is 6.11. The topological polar surface area (TPSA) is 118 Å². The Hall–Kier alpha value is -4.51. The predicted octanol–water partition coefficient (Wildman–Crippen LogP) is 3.93. The minimum absolute atomic E-state index is 0.0250. The van der Waals surface area contributed by atoms with Crippen LogP contribution in [0.4, 0.5) is 4.79 Å². The quantitative estimate of drug-likeness (QED) is 0.360. The molecule has 5 atom stereocenters. The molecule has 0 bridgehead atoms. The molecule has 7 rings (SSSR count). The number of hydrogen-bond donors (Lipinski definition) is 1. The van der Waals surface area contributed by atoms with Gasteiger partial charge in [0, 0.05) is 23.7 Å². The number of benzene rings is 3. The van der Waals surface area contributed by atoms with E-state index in [2.05, 4.69) is 17.1 Å². The maximum absolute atomic E-state index is 13.3. The van der Waals surface area contributed by atoms with E-state index in [0.29, 0.717) is 0 Å². The highest BCUT2D eigenvalue weighted by atomic mass is 16.8. The Balaban J connectivity index is 1.15. The summed E-state index contributed by atoms with van der Waals surface area (Å²) in [7, 11) is 0. The summed E-state index contributed by atoms with van der Waals surface area (Å²) in [5.74, 6) is -0.146. The molecule has 10 nitrogen and oxygen atoms in total. The Morgan fingerprint density at radius 2 is 1.55 bits per heavy atom. The van der Waals surface area contributed by atoms with Gasteiger partial charge in [-0.1, -0.05) is 78.9 Å². The number of aromatic amines is 1. The van der Waals surface area contributed by atoms with E-state index in [0.717, 1.165) is 27.8 Å². The van der Waals surface area contributed by atoms with Crippen molar-refractivity contribution in [2.45, 2.75) is 36.6 Å². The van der Waals surface area contributed by atoms with Crippen LogP contribution in [-0.4, -0.2) is 53.8 Å². The fraction of sp³-hybridized carbons (Fsp3) is 0.281. The first-order chi connectivity index (χ1) is 20.6. The van der Waals surface area contributed by atoms with Crippen molar-refractivity contribution in [3.8, 4) is 11.1 Å². The first kappa shape index (κ1) is 26.4. The van der Waals surface area contributed by atoms with Crippen molar-refractivity contribution in [3.63, 3.8) is 0 Å². The minimum atomic E-state index is -0.974. The van der Waals surface area contributed by atoms with Gasteiger partial charge in [0.25, 0.3) is 5.56 Å². The Morgan fingerprint density at radius 1 is 0.857 bits per heavy atom. The van der Waals surface area contributed by atoms with E-state index in [-0.39, 0.29) is 25.7 Å². The van der Waals surface area contributed by atoms with Crippen molar-refractivity contribution >= 4 is 6.16 Å². The van der Waals surface area contributed by atoms with Crippen LogP contribution in [0, 0.1) is 0 Å². The van der Waals surface area contributed by atoms with E-state index >= 15 is 0 Å². The second kappa shape index (κ2) is 11.1. The molecule has 1 aromatic heterocycles. The van der Waals surface area contributed by atoms with E-state index in [1.807, 2.05) is 66.7 Å². The highest BCUT2D eigenvalue weighted by molar-refractivity contribution is 5.79. The molecule has 2 fully saturated rings. The monoisotopic (exact) mass is 568 g/mol. The van der Waals surface area contributed by atoms with Crippen molar-refractivity contribution in [1.82, 2.24) is 9.55 Å². The molecule has 0 amide bonds. The Labute approximate surface area is 240 Å². The van der Waals surface area contributed by atoms with Gasteiger partial charge >= 0.3 is 11.8 Å². The van der Waals surface area contributed by atoms with Crippen molar-refractivity contribution in [2.24, 2.45) is 0 Å². The van der Waals surface area contributed by atoms with Crippen molar-refractivity contribution < 1.29 is 28.5 Å². The number of carbonyl (C=O) groups is 1. The van der Waals surface area contributed by atoms with Crippen LogP contribution in [0.25, 0.3) is 11.1 Å². The maximum atomic E-state index is 13.3. The summed E-state index contributed by atoms with van der Waals surface area (Å²) >= 11 is 0. The van der Waals surface area contributed by atoms with Gasteiger partial charge in [-0.25, -0.2) is 9.59 Å². The lowest BCUT2D eigenvalue weighted by Crippen LogP contribution is -2.59. The molecule has 2 saturated heterocycles. The molecule has 3 aromatic carbocycles. The Kier molecular flexibility index (Phi) is 6.94. The molecular formula is C32H28N2O8. The average Bonchev–Trinajstić information content (AvgIpc) is 3.34. The normalized spacial score (nSPS) is 24.7. The average molecular weight is 569 g/mol. The first-order valence-electron chi connectivity index (χ1n) is 13.8. The number of rotatable bonds is 5. The van der Waals surface area contributed by atoms with Crippen LogP contribution in [0.1, 0.15) is 34.9 Å². The largest absolute Gasteiger partial charge is 0.508 e. The molecule has 3 aliphatic rings. The van der Waals surface area contributed by atoms with Crippen LogP contribution in [0.3, 0.4) is 0 Å². The molecule has 0 radical (unpaired) electrons. The molecule has 0 saturated carbocycles. The standard InChI is InChI=1S/C32H28N2O8/c35-27-14-15-34(31(36)33-27)25-17-38-26-18-39-30(19-8-2-1-3-9-19)41-29(26)28(25)42-32(37)40-16-24-22-12-6-4-10-20(22)21-11-5-7-13-23(21)24/h1-15,24-26,28-30H,16-18H2,(H,33,35,36)/t25-,26-,28+,29-,30-/m1/s1. The fourth-order valence-corrected chi connectivity index (χ4v) is 6.11. The molecule has 1 N–H and O–H groups in total. The van der Waals surface area contributed by atoms with Gasteiger partial charge in [0.15, 0.2) is 12.4 Å². The molecular weight excluding hydrogens is 540 g/mol. The van der Waals surface area contributed by atoms with Crippen LogP contribution in [-0.2, 0) is 23.7 Å². The van der Waals surface area contributed by atoms with Gasteiger partial charge in [-0.05, 0) is 22.3 Å². The molecule has 2 aliphatic heterocycles. The highest BCUT2D eigenvalue weighted by Gasteiger charge is 2.49. The summed E-state index contributed by atoms with van der Waals surface area (Å²) in [5.41, 5.74) is 3.99. The van der Waals surface area contributed by atoms with Crippen LogP contribution in [0.15, 0.2) is 101 Å². The number of H-pyrrole nitrogens is 1. The molecule has 214 valence electrons. The number of hydrogen-bond acceptors (Lipinski definition) is 8. The van der Waals surface area contributed by atoms with E-state index < -0.39 is 48.0 Å². The van der Waals surface area contributed by atoms with Crippen LogP contribution in [0.5, 0.6) is 0 Å². The third kappa shape index (κ3) is 4.83. The Bertz CT molecular complexity index is 1670. The summed E-state index contributed by atoms with van der Waals surface area (Å²) in [6.45, 7) is 0.295. The number of fused-ring (bicyclic) bond motifs is 4. The summed E-state index contributed by atoms with van der Waals surface area (Å²) in [4.78, 5) is 40.1. The number of nitrogens with zero attached hydrogens (tertiary/aromatic N) is 1. The summed E-state index contributed by atoms with van der Waals surface area (Å²) < 4.78 is 31.2. The number of ether oxygens (including phenoxy) is 5. The highest BCUT2D eigenvalue weighted by Crippen LogP contribution is 2.44. The molecule has 0 unspecified atom stereocenters. The molecule has 10 heteroatoms. The first-order valence-corrected chi connectivity index (χ1v) is 13.8. The number of aromatic nitrogens is 2. The van der Waals surface area contributed by atoms with Crippen molar-refractivity contribution in [2.75, 3.05) is 19.8 Å². The van der Waals surface area contributed by atoms with Crippen molar-refractivity contribution in [3.05, 3.63) is 129 Å².